The highest BCUT2D eigenvalue weighted by atomic mass is 16.7. The van der Waals surface area contributed by atoms with E-state index in [9.17, 15) is 4.79 Å². The van der Waals surface area contributed by atoms with Crippen LogP contribution in [0.2, 0.25) is 0 Å². The van der Waals surface area contributed by atoms with E-state index in [1.54, 1.807) is 25.5 Å². The van der Waals surface area contributed by atoms with Gasteiger partial charge in [0.25, 0.3) is 5.91 Å². The highest BCUT2D eigenvalue weighted by Crippen LogP contribution is 2.23. The molecule has 0 fully saturated rings. The molecule has 0 aliphatic carbocycles. The van der Waals surface area contributed by atoms with Gasteiger partial charge in [0.15, 0.2) is 0 Å². The average molecular weight is 348 g/mol. The Kier molecular flexibility index (Phi) is 5.56. The van der Waals surface area contributed by atoms with Gasteiger partial charge in [0.2, 0.25) is 0 Å². The number of hydrogen-bond acceptors (Lipinski definition) is 4. The summed E-state index contributed by atoms with van der Waals surface area (Å²) in [6.45, 7) is 0.647. The molecule has 132 valence electrons. The van der Waals surface area contributed by atoms with Crippen molar-refractivity contribution in [2.75, 3.05) is 14.2 Å². The summed E-state index contributed by atoms with van der Waals surface area (Å²) in [6, 6.07) is 13.9. The molecule has 0 aliphatic rings. The van der Waals surface area contributed by atoms with E-state index in [1.807, 2.05) is 41.2 Å². The summed E-state index contributed by atoms with van der Waals surface area (Å²) in [5.41, 5.74) is 3.66. The smallest absolute Gasteiger partial charge is 0.269 e. The largest absolute Gasteiger partial charge is 0.274 e. The molecule has 3 aromatic rings. The molecule has 0 spiro atoms. The first-order valence-electron chi connectivity index (χ1n) is 8.19. The fourth-order valence-corrected chi connectivity index (χ4v) is 2.49. The van der Waals surface area contributed by atoms with Gasteiger partial charge in [-0.3, -0.25) is 19.3 Å². The lowest BCUT2D eigenvalue weighted by molar-refractivity contribution is -0.162. The summed E-state index contributed by atoms with van der Waals surface area (Å²) < 4.78 is 1.86. The van der Waals surface area contributed by atoms with Crippen molar-refractivity contribution in [2.24, 2.45) is 0 Å². The Bertz CT molecular complexity index is 889. The molecular weight excluding hydrogens is 328 g/mol. The third kappa shape index (κ3) is 4.23. The second-order valence-electron chi connectivity index (χ2n) is 5.71. The zero-order valence-corrected chi connectivity index (χ0v) is 14.7. The number of rotatable bonds is 6. The van der Waals surface area contributed by atoms with Crippen LogP contribution in [0.25, 0.3) is 17.3 Å². The Morgan fingerprint density at radius 3 is 2.73 bits per heavy atom. The Morgan fingerprint density at radius 1 is 1.23 bits per heavy atom. The number of likely N-dealkylation sites (N-methyl/N-ethyl adjacent to an activating group) is 1. The molecule has 1 aromatic carbocycles. The number of hydrogen-bond donors (Lipinski definition) is 0. The molecule has 0 saturated heterocycles. The molecule has 0 saturated carbocycles. The van der Waals surface area contributed by atoms with E-state index < -0.39 is 0 Å². The van der Waals surface area contributed by atoms with Crippen molar-refractivity contribution in [2.45, 2.75) is 6.54 Å². The highest BCUT2D eigenvalue weighted by Gasteiger charge is 2.11. The van der Waals surface area contributed by atoms with Crippen molar-refractivity contribution in [1.82, 2.24) is 19.8 Å². The van der Waals surface area contributed by atoms with Gasteiger partial charge in [-0.15, -0.1) is 0 Å². The van der Waals surface area contributed by atoms with Gasteiger partial charge in [-0.1, -0.05) is 30.3 Å². The van der Waals surface area contributed by atoms with Crippen LogP contribution in [0.4, 0.5) is 0 Å². The standard InChI is InChI=1S/C20H20N4O2/c1-23(26-2)19(25)11-10-18-15-24(14-16-7-4-3-5-8-16)22-20(18)17-9-6-12-21-13-17/h3-13,15H,14H2,1-2H3/b11-10+. The molecule has 0 unspecified atom stereocenters. The fraction of sp³-hybridized carbons (Fsp3) is 0.150. The molecule has 6 nitrogen and oxygen atoms in total. The van der Waals surface area contributed by atoms with E-state index in [2.05, 4.69) is 22.2 Å². The second kappa shape index (κ2) is 8.22. The van der Waals surface area contributed by atoms with Crippen LogP contribution in [0.15, 0.2) is 67.1 Å². The number of hydroxylamine groups is 2. The van der Waals surface area contributed by atoms with Crippen LogP contribution in [0.1, 0.15) is 11.1 Å². The number of carbonyl (C=O) groups is 1. The molecule has 0 N–H and O–H groups in total. The number of carbonyl (C=O) groups excluding carboxylic acids is 1. The molecule has 6 heteroatoms. The maximum atomic E-state index is 12.0. The van der Waals surface area contributed by atoms with E-state index in [0.717, 1.165) is 27.4 Å². The lowest BCUT2D eigenvalue weighted by Crippen LogP contribution is -2.22. The molecule has 0 radical (unpaired) electrons. The molecule has 0 atom stereocenters. The van der Waals surface area contributed by atoms with Crippen molar-refractivity contribution in [3.63, 3.8) is 0 Å². The van der Waals surface area contributed by atoms with Crippen LogP contribution in [0.5, 0.6) is 0 Å². The number of benzene rings is 1. The minimum absolute atomic E-state index is 0.250. The minimum Gasteiger partial charge on any atom is -0.274 e. The first-order chi connectivity index (χ1) is 12.7. The molecular formula is C20H20N4O2. The van der Waals surface area contributed by atoms with Gasteiger partial charge in [-0.25, -0.2) is 5.06 Å². The molecule has 1 amide bonds. The molecule has 0 aliphatic heterocycles. The number of nitrogens with zero attached hydrogens (tertiary/aromatic N) is 4. The van der Waals surface area contributed by atoms with Gasteiger partial charge in [0, 0.05) is 42.8 Å². The number of pyridine rings is 1. The van der Waals surface area contributed by atoms with Gasteiger partial charge >= 0.3 is 0 Å². The van der Waals surface area contributed by atoms with Gasteiger partial charge < -0.3 is 0 Å². The Morgan fingerprint density at radius 2 is 2.04 bits per heavy atom. The predicted octanol–water partition coefficient (Wildman–Crippen LogP) is 3.03. The maximum absolute atomic E-state index is 12.0. The normalized spacial score (nSPS) is 11.0. The lowest BCUT2D eigenvalue weighted by Gasteiger charge is -2.09. The van der Waals surface area contributed by atoms with Crippen LogP contribution in [0, 0.1) is 0 Å². The first kappa shape index (κ1) is 17.6. The van der Waals surface area contributed by atoms with E-state index in [0.29, 0.717) is 6.54 Å². The molecule has 2 heterocycles. The SMILES string of the molecule is CON(C)C(=O)/C=C/c1cn(Cc2ccccc2)nc1-c1cccnc1. The molecule has 26 heavy (non-hydrogen) atoms. The van der Waals surface area contributed by atoms with Gasteiger partial charge in [-0.05, 0) is 23.8 Å². The average Bonchev–Trinajstić information content (AvgIpc) is 3.09. The number of amides is 1. The van der Waals surface area contributed by atoms with Crippen molar-refractivity contribution in [1.29, 1.82) is 0 Å². The fourth-order valence-electron chi connectivity index (χ4n) is 2.49. The van der Waals surface area contributed by atoms with Crippen LogP contribution in [-0.4, -0.2) is 39.9 Å². The number of aromatic nitrogens is 3. The predicted molar refractivity (Wildman–Crippen MR) is 99.8 cm³/mol. The quantitative estimate of drug-likeness (QED) is 0.507. The lowest BCUT2D eigenvalue weighted by atomic mass is 10.1. The molecule has 2 aromatic heterocycles. The zero-order valence-electron chi connectivity index (χ0n) is 14.7. The van der Waals surface area contributed by atoms with E-state index in [4.69, 9.17) is 4.84 Å². The van der Waals surface area contributed by atoms with E-state index in [1.165, 1.54) is 13.2 Å². The highest BCUT2D eigenvalue weighted by molar-refractivity contribution is 5.92. The second-order valence-corrected chi connectivity index (χ2v) is 5.71. The van der Waals surface area contributed by atoms with Crippen LogP contribution >= 0.6 is 0 Å². The first-order valence-corrected chi connectivity index (χ1v) is 8.19. The summed E-state index contributed by atoms with van der Waals surface area (Å²) in [7, 11) is 3.01. The maximum Gasteiger partial charge on any atom is 0.269 e. The molecule has 3 rings (SSSR count). The van der Waals surface area contributed by atoms with Crippen molar-refractivity contribution in [3.05, 3.63) is 78.3 Å². The summed E-state index contributed by atoms with van der Waals surface area (Å²) in [6.07, 6.45) is 8.61. The summed E-state index contributed by atoms with van der Waals surface area (Å²) in [4.78, 5) is 21.0. The summed E-state index contributed by atoms with van der Waals surface area (Å²) in [5.74, 6) is -0.250. The van der Waals surface area contributed by atoms with Gasteiger partial charge in [-0.2, -0.15) is 5.10 Å². The van der Waals surface area contributed by atoms with Gasteiger partial charge in [0.1, 0.15) is 5.69 Å². The topological polar surface area (TPSA) is 60.2 Å². The van der Waals surface area contributed by atoms with Crippen LogP contribution in [0.3, 0.4) is 0 Å². The Balaban J connectivity index is 1.93. The van der Waals surface area contributed by atoms with E-state index >= 15 is 0 Å². The van der Waals surface area contributed by atoms with E-state index in [-0.39, 0.29) is 5.91 Å². The van der Waals surface area contributed by atoms with Crippen molar-refractivity contribution < 1.29 is 9.63 Å². The van der Waals surface area contributed by atoms with Crippen LogP contribution < -0.4 is 0 Å². The Hall–Kier alpha value is -3.25. The van der Waals surface area contributed by atoms with Crippen molar-refractivity contribution >= 4 is 12.0 Å². The van der Waals surface area contributed by atoms with Crippen LogP contribution in [-0.2, 0) is 16.2 Å². The Labute approximate surface area is 152 Å². The monoisotopic (exact) mass is 348 g/mol. The third-order valence-corrected chi connectivity index (χ3v) is 3.90. The summed E-state index contributed by atoms with van der Waals surface area (Å²) in [5, 5.41) is 5.85. The molecule has 0 bridgehead atoms. The van der Waals surface area contributed by atoms with Gasteiger partial charge in [0.05, 0.1) is 13.7 Å². The minimum atomic E-state index is -0.250. The van der Waals surface area contributed by atoms with Crippen molar-refractivity contribution in [3.8, 4) is 11.3 Å². The summed E-state index contributed by atoms with van der Waals surface area (Å²) >= 11 is 0. The third-order valence-electron chi connectivity index (χ3n) is 3.90. The zero-order chi connectivity index (χ0) is 18.4.